The second kappa shape index (κ2) is 12.7. The molecule has 2 aromatic rings. The van der Waals surface area contributed by atoms with E-state index in [0.717, 1.165) is 12.8 Å². The van der Waals surface area contributed by atoms with Crippen molar-refractivity contribution in [2.24, 2.45) is 17.3 Å². The molecule has 0 unspecified atom stereocenters. The molecule has 0 spiro atoms. The third-order valence-corrected chi connectivity index (χ3v) is 9.55. The highest BCUT2D eigenvalue weighted by molar-refractivity contribution is 5.89. The number of halogens is 3. The highest BCUT2D eigenvalue weighted by Gasteiger charge is 2.49. The zero-order chi connectivity index (χ0) is 32.7. The van der Waals surface area contributed by atoms with Crippen molar-refractivity contribution < 1.29 is 41.8 Å². The smallest absolute Gasteiger partial charge is 0.408 e. The Morgan fingerprint density at radius 1 is 1.09 bits per heavy atom. The van der Waals surface area contributed by atoms with Crippen molar-refractivity contribution in [1.82, 2.24) is 15.2 Å². The van der Waals surface area contributed by atoms with Gasteiger partial charge in [-0.2, -0.15) is 0 Å². The standard InChI is InChI=1S/C33H42F3N3O6/c1-18-23(17-40)39-16-25(18)44-29-26(27(34)21-13-12-20(43-5)15-22(21)37-29)33(35,36)14-7-6-9-19-10-8-11-24(19)45-31(42)38-28(30(39)41)32(2,3)4/h12-13,15,17-19,23-25,28H,6-11,14,16H2,1-5H3,(H,38,42)/t18-,19+,23+,24+,25-,28+/m0/s1. The van der Waals surface area contributed by atoms with Gasteiger partial charge in [0.2, 0.25) is 11.8 Å². The lowest BCUT2D eigenvalue weighted by atomic mass is 9.85. The Balaban J connectivity index is 1.59. The topological polar surface area (TPSA) is 107 Å². The molecule has 1 saturated heterocycles. The quantitative estimate of drug-likeness (QED) is 0.396. The fourth-order valence-electron chi connectivity index (χ4n) is 6.89. The Kier molecular flexibility index (Phi) is 9.24. The van der Waals surface area contributed by atoms with Crippen LogP contribution in [0, 0.1) is 23.1 Å². The number of methoxy groups -OCH3 is 1. The zero-order valence-corrected chi connectivity index (χ0v) is 26.4. The molecule has 5 rings (SSSR count). The molecule has 6 atom stereocenters. The molecule has 3 aliphatic rings. The van der Waals surface area contributed by atoms with Crippen molar-refractivity contribution in [1.29, 1.82) is 0 Å². The second-order valence-corrected chi connectivity index (χ2v) is 13.7. The first-order valence-corrected chi connectivity index (χ1v) is 15.7. The first-order valence-electron chi connectivity index (χ1n) is 15.7. The van der Waals surface area contributed by atoms with E-state index in [1.165, 1.54) is 30.2 Å². The van der Waals surface area contributed by atoms with Crippen molar-refractivity contribution in [2.45, 2.75) is 103 Å². The van der Waals surface area contributed by atoms with Crippen molar-refractivity contribution in [2.75, 3.05) is 13.7 Å². The number of ether oxygens (including phenoxy) is 3. The normalized spacial score (nSPS) is 29.5. The minimum atomic E-state index is -3.63. The summed E-state index contributed by atoms with van der Waals surface area (Å²) >= 11 is 0. The lowest BCUT2D eigenvalue weighted by molar-refractivity contribution is -0.139. The molecule has 2 amide bonds. The molecule has 1 saturated carbocycles. The number of amides is 2. The van der Waals surface area contributed by atoms with Gasteiger partial charge in [-0.25, -0.2) is 22.9 Å². The second-order valence-electron chi connectivity index (χ2n) is 13.7. The summed E-state index contributed by atoms with van der Waals surface area (Å²) < 4.78 is 65.2. The molecule has 2 aliphatic heterocycles. The van der Waals surface area contributed by atoms with Gasteiger partial charge in [-0.3, -0.25) is 4.79 Å². The van der Waals surface area contributed by atoms with Gasteiger partial charge in [0.05, 0.1) is 25.2 Å². The maximum atomic E-state index is 16.1. The molecule has 246 valence electrons. The van der Waals surface area contributed by atoms with Gasteiger partial charge in [-0.1, -0.05) is 34.1 Å². The summed E-state index contributed by atoms with van der Waals surface area (Å²) in [5.41, 5.74) is -1.64. The first kappa shape index (κ1) is 32.8. The van der Waals surface area contributed by atoms with E-state index >= 15 is 13.2 Å². The van der Waals surface area contributed by atoms with Crippen LogP contribution in [0.5, 0.6) is 11.6 Å². The van der Waals surface area contributed by atoms with Crippen LogP contribution in [0.1, 0.15) is 78.2 Å². The number of alkyl halides is 2. The Labute approximate surface area is 261 Å². The summed E-state index contributed by atoms with van der Waals surface area (Å²) in [4.78, 5) is 45.1. The van der Waals surface area contributed by atoms with E-state index in [-0.39, 0.29) is 29.8 Å². The Hall–Kier alpha value is -3.57. The molecule has 1 aromatic carbocycles. The molecule has 1 aromatic heterocycles. The average molecular weight is 634 g/mol. The Morgan fingerprint density at radius 2 is 1.82 bits per heavy atom. The summed E-state index contributed by atoms with van der Waals surface area (Å²) in [6.07, 6.45) is 1.19. The lowest BCUT2D eigenvalue weighted by Crippen LogP contribution is -2.56. The molecular weight excluding hydrogens is 591 g/mol. The number of pyridine rings is 1. The van der Waals surface area contributed by atoms with Crippen LogP contribution in [0.3, 0.4) is 0 Å². The van der Waals surface area contributed by atoms with E-state index in [4.69, 9.17) is 14.2 Å². The number of hydrogen-bond acceptors (Lipinski definition) is 7. The fraction of sp³-hybridized carbons (Fsp3) is 0.636. The minimum absolute atomic E-state index is 0.0142. The van der Waals surface area contributed by atoms with Crippen LogP contribution < -0.4 is 14.8 Å². The van der Waals surface area contributed by atoms with Crippen LogP contribution in [0.15, 0.2) is 18.2 Å². The third-order valence-electron chi connectivity index (χ3n) is 9.55. The molecule has 12 heteroatoms. The summed E-state index contributed by atoms with van der Waals surface area (Å²) in [5.74, 6) is -6.20. The fourth-order valence-corrected chi connectivity index (χ4v) is 6.89. The number of fused-ring (bicyclic) bond motifs is 5. The number of hydrogen-bond donors (Lipinski definition) is 1. The number of nitrogens with one attached hydrogen (secondary N) is 1. The number of rotatable bonds is 2. The van der Waals surface area contributed by atoms with Gasteiger partial charge in [0, 0.05) is 23.8 Å². The molecule has 9 nitrogen and oxygen atoms in total. The number of carbonyl (C=O) groups excluding carboxylic acids is 3. The van der Waals surface area contributed by atoms with Crippen molar-refractivity contribution in [3.05, 3.63) is 29.6 Å². The van der Waals surface area contributed by atoms with Crippen LogP contribution in [0.2, 0.25) is 0 Å². The van der Waals surface area contributed by atoms with Crippen molar-refractivity contribution in [3.8, 4) is 11.6 Å². The number of aldehydes is 1. The van der Waals surface area contributed by atoms with E-state index in [1.54, 1.807) is 27.7 Å². The van der Waals surface area contributed by atoms with Gasteiger partial charge in [-0.15, -0.1) is 0 Å². The maximum absolute atomic E-state index is 16.1. The average Bonchev–Trinajstić information content (AvgIpc) is 3.55. The van der Waals surface area contributed by atoms with Gasteiger partial charge in [-0.05, 0) is 55.6 Å². The molecule has 0 radical (unpaired) electrons. The first-order chi connectivity index (χ1) is 21.2. The number of nitrogens with zero attached hydrogens (tertiary/aromatic N) is 2. The summed E-state index contributed by atoms with van der Waals surface area (Å²) in [6, 6.07) is 2.22. The SMILES string of the molecule is COc1ccc2c(F)c3c(nc2c1)O[C@H]1CN(C(=O)[C@H](C(C)(C)C)NC(=O)O[C@@H]2CCC[C@H]2CCCCC3(F)F)[C@H](C=O)[C@@H]1C. The van der Waals surface area contributed by atoms with Crippen molar-refractivity contribution >= 4 is 29.2 Å². The van der Waals surface area contributed by atoms with Crippen LogP contribution in [-0.2, 0) is 20.2 Å². The Bertz CT molecular complexity index is 1450. The van der Waals surface area contributed by atoms with Gasteiger partial charge in [0.25, 0.3) is 5.92 Å². The van der Waals surface area contributed by atoms with Gasteiger partial charge in [0.15, 0.2) is 0 Å². The van der Waals surface area contributed by atoms with Gasteiger partial charge in [0.1, 0.15) is 41.7 Å². The molecule has 2 fully saturated rings. The number of alkyl carbamates (subject to hydrolysis) is 1. The number of aromatic nitrogens is 1. The predicted molar refractivity (Wildman–Crippen MR) is 160 cm³/mol. The Morgan fingerprint density at radius 3 is 2.51 bits per heavy atom. The van der Waals surface area contributed by atoms with Crippen molar-refractivity contribution in [3.63, 3.8) is 0 Å². The van der Waals surface area contributed by atoms with E-state index in [9.17, 15) is 14.4 Å². The molecule has 45 heavy (non-hydrogen) atoms. The van der Waals surface area contributed by atoms with Crippen LogP contribution in [0.4, 0.5) is 18.0 Å². The van der Waals surface area contributed by atoms with Gasteiger partial charge >= 0.3 is 6.09 Å². The molecule has 1 N–H and O–H groups in total. The molecule has 3 heterocycles. The third kappa shape index (κ3) is 6.56. The molecule has 1 aliphatic carbocycles. The van der Waals surface area contributed by atoms with E-state index in [0.29, 0.717) is 31.3 Å². The van der Waals surface area contributed by atoms with Crippen LogP contribution in [-0.4, -0.2) is 66.1 Å². The lowest BCUT2D eigenvalue weighted by Gasteiger charge is -2.35. The zero-order valence-electron chi connectivity index (χ0n) is 26.4. The number of benzene rings is 1. The largest absolute Gasteiger partial charge is 0.497 e. The summed E-state index contributed by atoms with van der Waals surface area (Å²) in [6.45, 7) is 6.85. The predicted octanol–water partition coefficient (Wildman–Crippen LogP) is 6.15. The van der Waals surface area contributed by atoms with E-state index in [2.05, 4.69) is 10.3 Å². The highest BCUT2D eigenvalue weighted by Crippen LogP contribution is 2.44. The van der Waals surface area contributed by atoms with Crippen LogP contribution in [0.25, 0.3) is 10.9 Å². The minimum Gasteiger partial charge on any atom is -0.497 e. The summed E-state index contributed by atoms with van der Waals surface area (Å²) in [7, 11) is 1.43. The number of carbonyl (C=O) groups is 3. The molecule has 2 bridgehead atoms. The van der Waals surface area contributed by atoms with Gasteiger partial charge < -0.3 is 29.2 Å². The molecular formula is C33H42F3N3O6. The monoisotopic (exact) mass is 633 g/mol. The van der Waals surface area contributed by atoms with E-state index < -0.39 is 77.2 Å². The van der Waals surface area contributed by atoms with E-state index in [1.807, 2.05) is 0 Å². The summed E-state index contributed by atoms with van der Waals surface area (Å²) in [5, 5.41) is 2.65. The maximum Gasteiger partial charge on any atom is 0.408 e. The highest BCUT2D eigenvalue weighted by atomic mass is 19.3. The van der Waals surface area contributed by atoms with Crippen LogP contribution >= 0.6 is 0 Å².